The molecular formula is C30H48O4. The molecular weight excluding hydrogens is 424 g/mol. The van der Waals surface area contributed by atoms with E-state index in [0.717, 1.165) is 51.4 Å². The van der Waals surface area contributed by atoms with Crippen LogP contribution in [0, 0.1) is 50.2 Å². The summed E-state index contributed by atoms with van der Waals surface area (Å²) in [4.78, 5) is 12.9. The molecule has 2 N–H and O–H groups in total. The lowest BCUT2D eigenvalue weighted by Crippen LogP contribution is -2.71. The van der Waals surface area contributed by atoms with E-state index in [1.807, 2.05) is 0 Å². The Kier molecular flexibility index (Phi) is 4.50. The van der Waals surface area contributed by atoms with Crippen LogP contribution in [-0.2, 0) is 9.53 Å². The Hall–Kier alpha value is -0.610. The number of hydrogen-bond donors (Lipinski definition) is 2. The van der Waals surface area contributed by atoms with E-state index < -0.39 is 11.4 Å². The second-order valence-electron chi connectivity index (χ2n) is 15.8. The molecule has 0 amide bonds. The van der Waals surface area contributed by atoms with Crippen LogP contribution in [-0.4, -0.2) is 34.0 Å². The summed E-state index contributed by atoms with van der Waals surface area (Å²) in [5, 5.41) is 21.5. The minimum Gasteiger partial charge on any atom is -0.481 e. The van der Waals surface area contributed by atoms with Crippen molar-refractivity contribution in [2.24, 2.45) is 50.2 Å². The lowest BCUT2D eigenvalue weighted by Gasteiger charge is -2.72. The van der Waals surface area contributed by atoms with Gasteiger partial charge in [-0.15, -0.1) is 0 Å². The van der Waals surface area contributed by atoms with Gasteiger partial charge in [0.2, 0.25) is 0 Å². The van der Waals surface area contributed by atoms with Gasteiger partial charge in [-0.2, -0.15) is 0 Å². The topological polar surface area (TPSA) is 70.1 Å². The predicted molar refractivity (Wildman–Crippen MR) is 132 cm³/mol. The van der Waals surface area contributed by atoms with E-state index in [1.54, 1.807) is 0 Å². The molecule has 0 aromatic heterocycles. The van der Waals surface area contributed by atoms with Crippen molar-refractivity contribution in [3.8, 4) is 0 Å². The first-order valence-electron chi connectivity index (χ1n) is 14.2. The number of ether oxygens (including phenoxy) is 1. The highest BCUT2D eigenvalue weighted by atomic mass is 16.6. The molecule has 1 spiro atoms. The molecule has 192 valence electrons. The Morgan fingerprint density at radius 1 is 0.824 bits per heavy atom. The van der Waals surface area contributed by atoms with Crippen LogP contribution >= 0.6 is 0 Å². The van der Waals surface area contributed by atoms with Crippen molar-refractivity contribution in [3.05, 3.63) is 0 Å². The summed E-state index contributed by atoms with van der Waals surface area (Å²) in [6.45, 7) is 16.9. The van der Waals surface area contributed by atoms with E-state index in [9.17, 15) is 15.0 Å². The van der Waals surface area contributed by atoms with Crippen LogP contribution < -0.4 is 0 Å². The Balaban J connectivity index is 1.45. The van der Waals surface area contributed by atoms with Crippen molar-refractivity contribution in [1.29, 1.82) is 0 Å². The molecule has 0 radical (unpaired) electrons. The van der Waals surface area contributed by atoms with Gasteiger partial charge in [0.25, 0.3) is 0 Å². The van der Waals surface area contributed by atoms with Gasteiger partial charge in [0, 0.05) is 11.3 Å². The van der Waals surface area contributed by atoms with E-state index >= 15 is 0 Å². The molecule has 0 aromatic rings. The first-order valence-corrected chi connectivity index (χ1v) is 14.2. The fourth-order valence-electron chi connectivity index (χ4n) is 11.8. The number of epoxide rings is 1. The van der Waals surface area contributed by atoms with Gasteiger partial charge < -0.3 is 14.9 Å². The summed E-state index contributed by atoms with van der Waals surface area (Å²) in [6.07, 6.45) is 10.0. The van der Waals surface area contributed by atoms with Gasteiger partial charge in [0.1, 0.15) is 5.60 Å². The van der Waals surface area contributed by atoms with Crippen molar-refractivity contribution >= 4 is 5.97 Å². The fraction of sp³-hybridized carbons (Fsp3) is 0.967. The molecule has 5 saturated carbocycles. The number of carbonyl (C=O) groups is 1. The minimum atomic E-state index is -0.606. The number of aliphatic hydroxyl groups is 1. The zero-order valence-corrected chi connectivity index (χ0v) is 22.7. The van der Waals surface area contributed by atoms with Crippen LogP contribution in [0.25, 0.3) is 0 Å². The molecule has 0 aromatic carbocycles. The SMILES string of the molecule is CC1(C)CC[C@]2(C(=O)O)CC[C@]3(C)[C@@]4(O[C@@H]4C[C@@H]4[C@@]5(C)CC[C@H](O)C(C)(C)[C@@H]5CC[C@]43C)[C@@H]2C1. The van der Waals surface area contributed by atoms with Crippen molar-refractivity contribution < 1.29 is 19.7 Å². The highest BCUT2D eigenvalue weighted by molar-refractivity contribution is 5.76. The monoisotopic (exact) mass is 472 g/mol. The van der Waals surface area contributed by atoms with Gasteiger partial charge in [0.15, 0.2) is 0 Å². The van der Waals surface area contributed by atoms with Crippen molar-refractivity contribution in [2.45, 2.75) is 130 Å². The second kappa shape index (κ2) is 6.44. The summed E-state index contributed by atoms with van der Waals surface area (Å²) in [7, 11) is 0. The van der Waals surface area contributed by atoms with Crippen LogP contribution in [0.4, 0.5) is 0 Å². The van der Waals surface area contributed by atoms with Gasteiger partial charge in [-0.3, -0.25) is 4.79 Å². The number of carboxylic acids is 1. The van der Waals surface area contributed by atoms with Crippen LogP contribution in [0.1, 0.15) is 113 Å². The first kappa shape index (κ1) is 23.8. The molecule has 0 bridgehead atoms. The summed E-state index contributed by atoms with van der Waals surface area (Å²) in [5.41, 5.74) is -0.367. The number of carboxylic acid groups (broad SMARTS) is 1. The minimum absolute atomic E-state index is 0.0127. The Labute approximate surface area is 206 Å². The molecule has 4 nitrogen and oxygen atoms in total. The lowest BCUT2D eigenvalue weighted by atomic mass is 9.31. The largest absolute Gasteiger partial charge is 0.481 e. The number of aliphatic hydroxyl groups excluding tert-OH is 1. The summed E-state index contributed by atoms with van der Waals surface area (Å²) in [5.74, 6) is 0.666. The van der Waals surface area contributed by atoms with Gasteiger partial charge in [-0.05, 0) is 97.7 Å². The standard InChI is InChI=1S/C30H48O4/c1-24(2)12-14-29(23(32)33)15-13-28(7)27(6)11-8-18-25(3,4)21(31)9-10-26(18,5)19(27)16-22-30(28,34-22)20(29)17-24/h18-22,31H,8-17H2,1-7H3,(H,32,33)/t18-,19+,20+,21-,22+,26-,27+,28-,29-,30+/m0/s1. The van der Waals surface area contributed by atoms with Gasteiger partial charge in [-0.1, -0.05) is 48.5 Å². The number of fused-ring (bicyclic) bond motifs is 5. The van der Waals surface area contributed by atoms with E-state index in [-0.39, 0.29) is 50.8 Å². The zero-order chi connectivity index (χ0) is 24.7. The van der Waals surface area contributed by atoms with Crippen molar-refractivity contribution in [1.82, 2.24) is 0 Å². The van der Waals surface area contributed by atoms with Crippen LogP contribution in [0.2, 0.25) is 0 Å². The third kappa shape index (κ3) is 2.42. The van der Waals surface area contributed by atoms with Crippen LogP contribution in [0.15, 0.2) is 0 Å². The van der Waals surface area contributed by atoms with Crippen molar-refractivity contribution in [3.63, 3.8) is 0 Å². The van der Waals surface area contributed by atoms with E-state index in [2.05, 4.69) is 48.5 Å². The van der Waals surface area contributed by atoms with Crippen molar-refractivity contribution in [2.75, 3.05) is 0 Å². The smallest absolute Gasteiger partial charge is 0.310 e. The number of hydrogen-bond acceptors (Lipinski definition) is 3. The molecule has 34 heavy (non-hydrogen) atoms. The third-order valence-electron chi connectivity index (χ3n) is 14.0. The average molecular weight is 473 g/mol. The molecule has 6 rings (SSSR count). The Morgan fingerprint density at radius 3 is 2.18 bits per heavy atom. The lowest BCUT2D eigenvalue weighted by molar-refractivity contribution is -0.245. The van der Waals surface area contributed by atoms with Gasteiger partial charge in [0.05, 0.1) is 17.6 Å². The molecule has 0 unspecified atom stereocenters. The maximum Gasteiger partial charge on any atom is 0.310 e. The third-order valence-corrected chi connectivity index (χ3v) is 14.0. The predicted octanol–water partition coefficient (Wildman–Crippen LogP) is 6.44. The number of rotatable bonds is 1. The fourth-order valence-corrected chi connectivity index (χ4v) is 11.8. The summed E-state index contributed by atoms with van der Waals surface area (Å²) < 4.78 is 6.95. The van der Waals surface area contributed by atoms with Crippen LogP contribution in [0.5, 0.6) is 0 Å². The molecule has 1 saturated heterocycles. The maximum atomic E-state index is 12.9. The highest BCUT2D eigenvalue weighted by Crippen LogP contribution is 2.83. The summed E-state index contributed by atoms with van der Waals surface area (Å²) in [6, 6.07) is 0. The maximum absolute atomic E-state index is 12.9. The molecule has 1 aliphatic heterocycles. The zero-order valence-electron chi connectivity index (χ0n) is 22.7. The molecule has 10 atom stereocenters. The Morgan fingerprint density at radius 2 is 1.50 bits per heavy atom. The first-order chi connectivity index (χ1) is 15.6. The Bertz CT molecular complexity index is 925. The number of aliphatic carboxylic acids is 1. The van der Waals surface area contributed by atoms with Gasteiger partial charge >= 0.3 is 5.97 Å². The molecule has 4 heteroatoms. The molecule has 1 heterocycles. The quantitative estimate of drug-likeness (QED) is 0.431. The average Bonchev–Trinajstić information content (AvgIpc) is 3.47. The highest BCUT2D eigenvalue weighted by Gasteiger charge is 2.85. The molecule has 5 aliphatic carbocycles. The second-order valence-corrected chi connectivity index (χ2v) is 15.8. The molecule has 6 aliphatic rings. The van der Waals surface area contributed by atoms with Crippen LogP contribution in [0.3, 0.4) is 0 Å². The van der Waals surface area contributed by atoms with E-state index in [0.29, 0.717) is 11.8 Å². The van der Waals surface area contributed by atoms with Gasteiger partial charge in [-0.25, -0.2) is 0 Å². The molecule has 6 fully saturated rings. The summed E-state index contributed by atoms with van der Waals surface area (Å²) >= 11 is 0. The van der Waals surface area contributed by atoms with E-state index in [4.69, 9.17) is 4.74 Å². The normalized spacial score (nSPS) is 58.9. The van der Waals surface area contributed by atoms with E-state index in [1.165, 1.54) is 12.8 Å².